The fourth-order valence-electron chi connectivity index (χ4n) is 3.60. The third-order valence-corrected chi connectivity index (χ3v) is 4.99. The van der Waals surface area contributed by atoms with Crippen molar-refractivity contribution in [3.8, 4) is 11.5 Å². The minimum atomic E-state index is 0.380. The van der Waals surface area contributed by atoms with E-state index in [1.807, 2.05) is 19.2 Å². The maximum Gasteiger partial charge on any atom is 0.174 e. The molecule has 1 aliphatic heterocycles. The Morgan fingerprint density at radius 2 is 2.20 bits per heavy atom. The first-order valence-electron chi connectivity index (χ1n) is 8.61. The largest absolute Gasteiger partial charge is 0.381 e. The quantitative estimate of drug-likeness (QED) is 0.926. The fraction of sp³-hybridized carbons (Fsp3) is 0.444. The summed E-state index contributed by atoms with van der Waals surface area (Å²) in [6, 6.07) is 4.53. The lowest BCUT2D eigenvalue weighted by Crippen LogP contribution is -2.32. The standard InChI is InChI=1S/C18H22N6O/c1-12-15(5-6-16(22-12)18-20-11-21-23-18)17-10-24(8-7-19-17)13-3-4-14(9-13)25-2/h5-7,10-11,13-14H,3-4,8-9H2,1-2H3,(H,20,21,23)/t13-,14+/m1/s1. The summed E-state index contributed by atoms with van der Waals surface area (Å²) >= 11 is 0. The van der Waals surface area contributed by atoms with E-state index in [-0.39, 0.29) is 0 Å². The SMILES string of the molecule is CO[C@H]1CC[C@@H](N2C=C(c3ccc(-c4ncn[nH]4)nc3C)N=CC2)C1. The molecule has 2 aromatic heterocycles. The number of hydrogen-bond acceptors (Lipinski definition) is 6. The van der Waals surface area contributed by atoms with E-state index in [1.165, 1.54) is 6.33 Å². The van der Waals surface area contributed by atoms with Crippen molar-refractivity contribution in [2.75, 3.05) is 13.7 Å². The predicted molar refractivity (Wildman–Crippen MR) is 96.0 cm³/mol. The van der Waals surface area contributed by atoms with Gasteiger partial charge >= 0.3 is 0 Å². The van der Waals surface area contributed by atoms with Crippen molar-refractivity contribution in [1.82, 2.24) is 25.1 Å². The molecule has 1 aliphatic carbocycles. The van der Waals surface area contributed by atoms with E-state index in [1.54, 1.807) is 7.11 Å². The molecule has 0 aromatic carbocycles. The van der Waals surface area contributed by atoms with Crippen LogP contribution in [0.1, 0.15) is 30.5 Å². The van der Waals surface area contributed by atoms with Crippen molar-refractivity contribution in [2.45, 2.75) is 38.3 Å². The predicted octanol–water partition coefficient (Wildman–Crippen LogP) is 2.43. The van der Waals surface area contributed by atoms with Crippen LogP contribution in [0.25, 0.3) is 17.2 Å². The molecule has 7 heteroatoms. The van der Waals surface area contributed by atoms with Gasteiger partial charge in [0.05, 0.1) is 18.3 Å². The van der Waals surface area contributed by atoms with Gasteiger partial charge in [0.2, 0.25) is 0 Å². The van der Waals surface area contributed by atoms with Gasteiger partial charge in [0, 0.05) is 36.8 Å². The number of hydrogen-bond donors (Lipinski definition) is 1. The van der Waals surface area contributed by atoms with Crippen LogP contribution in [0.2, 0.25) is 0 Å². The van der Waals surface area contributed by atoms with E-state index in [0.717, 1.165) is 48.5 Å². The van der Waals surface area contributed by atoms with Crippen molar-refractivity contribution in [1.29, 1.82) is 0 Å². The third-order valence-electron chi connectivity index (χ3n) is 4.99. The van der Waals surface area contributed by atoms with Crippen LogP contribution in [0.4, 0.5) is 0 Å². The Kier molecular flexibility index (Phi) is 4.31. The highest BCUT2D eigenvalue weighted by Crippen LogP contribution is 2.30. The average molecular weight is 338 g/mol. The number of nitrogens with one attached hydrogen (secondary N) is 1. The molecule has 0 bridgehead atoms. The second-order valence-corrected chi connectivity index (χ2v) is 6.51. The number of aromatic amines is 1. The van der Waals surface area contributed by atoms with Crippen LogP contribution in [-0.4, -0.2) is 57.1 Å². The van der Waals surface area contributed by atoms with E-state index in [4.69, 9.17) is 4.74 Å². The molecule has 1 fully saturated rings. The molecule has 1 N–H and O–H groups in total. The van der Waals surface area contributed by atoms with Crippen LogP contribution >= 0.6 is 0 Å². The zero-order valence-electron chi connectivity index (χ0n) is 14.5. The number of aliphatic imine (C=N–C) groups is 1. The number of rotatable bonds is 4. The van der Waals surface area contributed by atoms with E-state index >= 15 is 0 Å². The van der Waals surface area contributed by atoms with Crippen LogP contribution in [0.15, 0.2) is 29.7 Å². The highest BCUT2D eigenvalue weighted by molar-refractivity contribution is 5.78. The number of methoxy groups -OCH3 is 1. The van der Waals surface area contributed by atoms with Crippen LogP contribution < -0.4 is 0 Å². The summed E-state index contributed by atoms with van der Waals surface area (Å²) in [5.41, 5.74) is 3.72. The fourth-order valence-corrected chi connectivity index (χ4v) is 3.60. The molecule has 0 amide bonds. The van der Waals surface area contributed by atoms with Crippen molar-refractivity contribution in [2.24, 2.45) is 4.99 Å². The van der Waals surface area contributed by atoms with Gasteiger partial charge in [-0.15, -0.1) is 0 Å². The van der Waals surface area contributed by atoms with E-state index < -0.39 is 0 Å². The molecule has 2 atom stereocenters. The van der Waals surface area contributed by atoms with E-state index in [2.05, 4.69) is 42.3 Å². The Bertz CT molecular complexity index is 798. The Labute approximate surface area is 146 Å². The second kappa shape index (κ2) is 6.76. The molecule has 2 aliphatic rings. The molecule has 130 valence electrons. The molecule has 0 spiro atoms. The highest BCUT2D eigenvalue weighted by atomic mass is 16.5. The number of aryl methyl sites for hydroxylation is 1. The van der Waals surface area contributed by atoms with Gasteiger partial charge < -0.3 is 9.64 Å². The summed E-state index contributed by atoms with van der Waals surface area (Å²) in [5, 5.41) is 6.73. The summed E-state index contributed by atoms with van der Waals surface area (Å²) in [7, 11) is 1.80. The average Bonchev–Trinajstić information content (AvgIpc) is 3.33. The molecule has 2 aromatic rings. The Morgan fingerprint density at radius 3 is 2.92 bits per heavy atom. The molecule has 7 nitrogen and oxygen atoms in total. The van der Waals surface area contributed by atoms with Crippen LogP contribution in [0.5, 0.6) is 0 Å². The van der Waals surface area contributed by atoms with Crippen LogP contribution in [0.3, 0.4) is 0 Å². The maximum atomic E-state index is 5.51. The van der Waals surface area contributed by atoms with Crippen LogP contribution in [0, 0.1) is 6.92 Å². The van der Waals surface area contributed by atoms with Gasteiger partial charge in [-0.25, -0.2) is 9.97 Å². The molecule has 0 saturated heterocycles. The number of ether oxygens (including phenoxy) is 1. The summed E-state index contributed by atoms with van der Waals surface area (Å²) in [5.74, 6) is 0.675. The normalized spacial score (nSPS) is 23.1. The summed E-state index contributed by atoms with van der Waals surface area (Å²) in [4.78, 5) is 15.8. The van der Waals surface area contributed by atoms with Gasteiger partial charge in [-0.2, -0.15) is 5.10 Å². The van der Waals surface area contributed by atoms with Gasteiger partial charge in [0.25, 0.3) is 0 Å². The zero-order valence-corrected chi connectivity index (χ0v) is 14.5. The minimum absolute atomic E-state index is 0.380. The summed E-state index contributed by atoms with van der Waals surface area (Å²) in [6.07, 6.45) is 9.39. The van der Waals surface area contributed by atoms with Gasteiger partial charge in [-0.05, 0) is 38.3 Å². The summed E-state index contributed by atoms with van der Waals surface area (Å²) < 4.78 is 5.51. The van der Waals surface area contributed by atoms with Crippen molar-refractivity contribution < 1.29 is 4.74 Å². The molecule has 25 heavy (non-hydrogen) atoms. The maximum absolute atomic E-state index is 5.51. The van der Waals surface area contributed by atoms with E-state index in [0.29, 0.717) is 18.0 Å². The molecule has 0 unspecified atom stereocenters. The van der Waals surface area contributed by atoms with Crippen molar-refractivity contribution in [3.63, 3.8) is 0 Å². The lowest BCUT2D eigenvalue weighted by molar-refractivity contribution is 0.103. The minimum Gasteiger partial charge on any atom is -0.381 e. The Hall–Kier alpha value is -2.54. The molecule has 1 saturated carbocycles. The first kappa shape index (κ1) is 16.0. The Morgan fingerprint density at radius 1 is 1.28 bits per heavy atom. The van der Waals surface area contributed by atoms with Gasteiger partial charge in [0.1, 0.15) is 12.0 Å². The van der Waals surface area contributed by atoms with Gasteiger partial charge in [0.15, 0.2) is 5.82 Å². The van der Waals surface area contributed by atoms with Gasteiger partial charge in [-0.1, -0.05) is 0 Å². The molecule has 3 heterocycles. The number of nitrogens with zero attached hydrogens (tertiary/aromatic N) is 5. The number of aromatic nitrogens is 4. The lowest BCUT2D eigenvalue weighted by atomic mass is 10.1. The second-order valence-electron chi connectivity index (χ2n) is 6.51. The summed E-state index contributed by atoms with van der Waals surface area (Å²) in [6.45, 7) is 2.86. The molecule has 0 radical (unpaired) electrons. The van der Waals surface area contributed by atoms with Gasteiger partial charge in [-0.3, -0.25) is 10.1 Å². The van der Waals surface area contributed by atoms with Crippen molar-refractivity contribution in [3.05, 3.63) is 35.9 Å². The zero-order chi connectivity index (χ0) is 17.2. The third kappa shape index (κ3) is 3.19. The molecule has 4 rings (SSSR count). The smallest absolute Gasteiger partial charge is 0.174 e. The first-order valence-corrected chi connectivity index (χ1v) is 8.61. The highest BCUT2D eigenvalue weighted by Gasteiger charge is 2.28. The Balaban J connectivity index is 1.57. The monoisotopic (exact) mass is 338 g/mol. The first-order chi connectivity index (χ1) is 12.2. The topological polar surface area (TPSA) is 79.3 Å². The van der Waals surface area contributed by atoms with Crippen molar-refractivity contribution >= 4 is 11.9 Å². The number of pyridine rings is 1. The molecular formula is C18H22N6O. The lowest BCUT2D eigenvalue weighted by Gasteiger charge is -2.29. The molecular weight excluding hydrogens is 316 g/mol. The number of H-pyrrole nitrogens is 1. The van der Waals surface area contributed by atoms with Crippen LogP contribution in [-0.2, 0) is 4.74 Å². The van der Waals surface area contributed by atoms with E-state index in [9.17, 15) is 0 Å².